The molecule has 0 fully saturated rings. The van der Waals surface area contributed by atoms with E-state index >= 15 is 0 Å². The van der Waals surface area contributed by atoms with Gasteiger partial charge in [-0.05, 0) is 59.4 Å². The summed E-state index contributed by atoms with van der Waals surface area (Å²) < 4.78 is 0. The molecule has 0 aliphatic heterocycles. The number of rotatable bonds is 7. The zero-order valence-corrected chi connectivity index (χ0v) is 20.8. The molecule has 0 spiro atoms. The maximum Gasteiger partial charge on any atom is 0.252 e. The third kappa shape index (κ3) is 4.78. The smallest absolute Gasteiger partial charge is 0.252 e. The van der Waals surface area contributed by atoms with Crippen molar-refractivity contribution in [2.75, 3.05) is 18.4 Å². The molecule has 0 saturated carbocycles. The topological polar surface area (TPSA) is 110 Å². The Morgan fingerprint density at radius 1 is 1.06 bits per heavy atom. The van der Waals surface area contributed by atoms with Crippen LogP contribution in [0, 0.1) is 0 Å². The first-order valence-corrected chi connectivity index (χ1v) is 12.7. The Balaban J connectivity index is 1.22. The Morgan fingerprint density at radius 3 is 2.64 bits per heavy atom. The number of anilines is 1. The van der Waals surface area contributed by atoms with E-state index in [1.165, 1.54) is 11.3 Å². The minimum absolute atomic E-state index is 0.108. The normalized spacial score (nSPS) is 16.4. The number of amides is 2. The second kappa shape index (κ2) is 10.0. The molecule has 1 atom stereocenters. The molecule has 36 heavy (non-hydrogen) atoms. The van der Waals surface area contributed by atoms with Crippen LogP contribution < -0.4 is 16.4 Å². The number of carbonyl (C=O) groups excluding carboxylic acids is 2. The van der Waals surface area contributed by atoms with Crippen molar-refractivity contribution in [2.24, 2.45) is 5.73 Å². The van der Waals surface area contributed by atoms with Gasteiger partial charge in [0, 0.05) is 40.9 Å². The molecule has 5 rings (SSSR count). The number of aromatic nitrogens is 2. The van der Waals surface area contributed by atoms with Crippen LogP contribution in [-0.4, -0.2) is 34.9 Å². The fourth-order valence-electron chi connectivity index (χ4n) is 4.67. The van der Waals surface area contributed by atoms with Gasteiger partial charge in [0.15, 0.2) is 5.13 Å². The van der Waals surface area contributed by atoms with Gasteiger partial charge in [0.2, 0.25) is 5.91 Å². The van der Waals surface area contributed by atoms with Gasteiger partial charge in [-0.25, -0.2) is 4.98 Å². The standard InChI is InChI=1S/C28H27N5O2S/c1-28(17-29)11-8-21-22(6-3-7-23(21)28)26(35)31-15-25(34)33-27-32-24(16-36-27)20-5-2-4-19(14-20)18-9-12-30-13-10-18/h2-7,9-10,12-14,16H,8,11,15,17,29H2,1H3,(H,31,35)(H,32,33,34)/t28-/m1/s1. The van der Waals surface area contributed by atoms with E-state index in [1.807, 2.05) is 53.9 Å². The zero-order chi connectivity index (χ0) is 25.1. The van der Waals surface area contributed by atoms with E-state index in [9.17, 15) is 9.59 Å². The number of pyridine rings is 1. The largest absolute Gasteiger partial charge is 0.343 e. The number of carbonyl (C=O) groups is 2. The quantitative estimate of drug-likeness (QED) is 0.351. The molecule has 0 radical (unpaired) electrons. The summed E-state index contributed by atoms with van der Waals surface area (Å²) in [4.78, 5) is 34.0. The van der Waals surface area contributed by atoms with E-state index < -0.39 is 0 Å². The molecule has 0 bridgehead atoms. The van der Waals surface area contributed by atoms with Crippen molar-refractivity contribution in [3.05, 3.63) is 89.1 Å². The highest BCUT2D eigenvalue weighted by Crippen LogP contribution is 2.39. The molecule has 1 aliphatic rings. The van der Waals surface area contributed by atoms with Crippen molar-refractivity contribution in [3.63, 3.8) is 0 Å². The first kappa shape index (κ1) is 23.8. The predicted molar refractivity (Wildman–Crippen MR) is 143 cm³/mol. The summed E-state index contributed by atoms with van der Waals surface area (Å²) in [5, 5.41) is 7.92. The van der Waals surface area contributed by atoms with Crippen molar-refractivity contribution in [2.45, 2.75) is 25.2 Å². The highest BCUT2D eigenvalue weighted by atomic mass is 32.1. The van der Waals surface area contributed by atoms with Gasteiger partial charge in [0.25, 0.3) is 5.91 Å². The van der Waals surface area contributed by atoms with Crippen molar-refractivity contribution in [1.29, 1.82) is 0 Å². The van der Waals surface area contributed by atoms with Gasteiger partial charge in [0.1, 0.15) is 0 Å². The van der Waals surface area contributed by atoms with Gasteiger partial charge < -0.3 is 16.4 Å². The third-order valence-electron chi connectivity index (χ3n) is 6.78. The molecule has 4 N–H and O–H groups in total. The van der Waals surface area contributed by atoms with E-state index in [-0.39, 0.29) is 23.8 Å². The average Bonchev–Trinajstić information content (AvgIpc) is 3.53. The van der Waals surface area contributed by atoms with Gasteiger partial charge in [-0.15, -0.1) is 11.3 Å². The number of benzene rings is 2. The fourth-order valence-corrected chi connectivity index (χ4v) is 5.40. The molecule has 0 saturated heterocycles. The molecule has 8 heteroatoms. The highest BCUT2D eigenvalue weighted by molar-refractivity contribution is 7.14. The van der Waals surface area contributed by atoms with Crippen LogP contribution in [0.1, 0.15) is 34.8 Å². The minimum atomic E-state index is -0.325. The lowest BCUT2D eigenvalue weighted by molar-refractivity contribution is -0.115. The van der Waals surface area contributed by atoms with Crippen molar-refractivity contribution in [1.82, 2.24) is 15.3 Å². The lowest BCUT2D eigenvalue weighted by Crippen LogP contribution is -2.33. The number of hydrogen-bond acceptors (Lipinski definition) is 6. The fraction of sp³-hybridized carbons (Fsp3) is 0.214. The molecule has 2 aromatic heterocycles. The molecule has 2 aromatic carbocycles. The SMILES string of the molecule is C[C@]1(CN)CCc2c(C(=O)NCC(=O)Nc3nc(-c4cccc(-c5ccncc5)c4)cs3)cccc21. The minimum Gasteiger partial charge on any atom is -0.343 e. The first-order chi connectivity index (χ1) is 17.5. The van der Waals surface area contributed by atoms with Crippen molar-refractivity contribution >= 4 is 28.3 Å². The maximum absolute atomic E-state index is 12.9. The molecule has 1 aliphatic carbocycles. The molecule has 0 unspecified atom stereocenters. The third-order valence-corrected chi connectivity index (χ3v) is 7.54. The summed E-state index contributed by atoms with van der Waals surface area (Å²) in [5.74, 6) is -0.579. The van der Waals surface area contributed by atoms with Crippen LogP contribution in [0.5, 0.6) is 0 Å². The summed E-state index contributed by atoms with van der Waals surface area (Å²) in [6, 6.07) is 17.7. The van der Waals surface area contributed by atoms with Crippen LogP contribution in [0.4, 0.5) is 5.13 Å². The van der Waals surface area contributed by atoms with Gasteiger partial charge in [-0.2, -0.15) is 0 Å². The Bertz CT molecular complexity index is 1420. The van der Waals surface area contributed by atoms with E-state index in [1.54, 1.807) is 12.4 Å². The number of nitrogens with one attached hydrogen (secondary N) is 2. The molecule has 2 heterocycles. The lowest BCUT2D eigenvalue weighted by atomic mass is 9.84. The van der Waals surface area contributed by atoms with Crippen LogP contribution >= 0.6 is 11.3 Å². The highest BCUT2D eigenvalue weighted by Gasteiger charge is 2.35. The number of nitrogens with zero attached hydrogens (tertiary/aromatic N) is 2. The Labute approximate surface area is 213 Å². The molecule has 182 valence electrons. The molecule has 7 nitrogen and oxygen atoms in total. The second-order valence-electron chi connectivity index (χ2n) is 9.18. The van der Waals surface area contributed by atoms with Gasteiger partial charge in [-0.1, -0.05) is 37.3 Å². The van der Waals surface area contributed by atoms with Crippen LogP contribution in [0.25, 0.3) is 22.4 Å². The van der Waals surface area contributed by atoms with Crippen LogP contribution in [0.3, 0.4) is 0 Å². The monoisotopic (exact) mass is 497 g/mol. The van der Waals surface area contributed by atoms with E-state index in [4.69, 9.17) is 5.73 Å². The van der Waals surface area contributed by atoms with E-state index in [0.29, 0.717) is 17.2 Å². The lowest BCUT2D eigenvalue weighted by Gasteiger charge is -2.23. The van der Waals surface area contributed by atoms with Gasteiger partial charge in [-0.3, -0.25) is 14.6 Å². The first-order valence-electron chi connectivity index (χ1n) is 11.8. The Hall–Kier alpha value is -3.88. The molecular formula is C28H27N5O2S. The van der Waals surface area contributed by atoms with Crippen LogP contribution in [0.2, 0.25) is 0 Å². The summed E-state index contributed by atoms with van der Waals surface area (Å²) >= 11 is 1.35. The average molecular weight is 498 g/mol. The predicted octanol–water partition coefficient (Wildman–Crippen LogP) is 4.40. The summed E-state index contributed by atoms with van der Waals surface area (Å²) in [7, 11) is 0. The van der Waals surface area contributed by atoms with Crippen molar-refractivity contribution in [3.8, 4) is 22.4 Å². The number of thiazole rings is 1. The maximum atomic E-state index is 12.9. The number of fused-ring (bicyclic) bond motifs is 1. The van der Waals surface area contributed by atoms with Crippen LogP contribution in [-0.2, 0) is 16.6 Å². The summed E-state index contributed by atoms with van der Waals surface area (Å²) in [6.07, 6.45) is 5.25. The van der Waals surface area contributed by atoms with Crippen LogP contribution in [0.15, 0.2) is 72.4 Å². The molecule has 2 amide bonds. The van der Waals surface area contributed by atoms with Crippen molar-refractivity contribution < 1.29 is 9.59 Å². The summed E-state index contributed by atoms with van der Waals surface area (Å²) in [6.45, 7) is 2.53. The number of nitrogens with two attached hydrogens (primary N) is 1. The Morgan fingerprint density at radius 2 is 1.83 bits per heavy atom. The zero-order valence-electron chi connectivity index (χ0n) is 20.0. The van der Waals surface area contributed by atoms with E-state index in [2.05, 4.69) is 33.6 Å². The van der Waals surface area contributed by atoms with Gasteiger partial charge >= 0.3 is 0 Å². The Kier molecular flexibility index (Phi) is 6.63. The second-order valence-corrected chi connectivity index (χ2v) is 10.0. The van der Waals surface area contributed by atoms with Gasteiger partial charge in [0.05, 0.1) is 12.2 Å². The molecular weight excluding hydrogens is 470 g/mol. The molecule has 4 aromatic rings. The van der Waals surface area contributed by atoms with E-state index in [0.717, 1.165) is 46.4 Å². The summed E-state index contributed by atoms with van der Waals surface area (Å²) in [5.41, 5.74) is 12.5. The number of hydrogen-bond donors (Lipinski definition) is 3.